The van der Waals surface area contributed by atoms with E-state index in [9.17, 15) is 18.0 Å². The molecule has 0 spiro atoms. The van der Waals surface area contributed by atoms with E-state index in [1.807, 2.05) is 20.8 Å². The quantitative estimate of drug-likeness (QED) is 0.638. The molecule has 1 aromatic heterocycles. The topological polar surface area (TPSA) is 86.5 Å². The van der Waals surface area contributed by atoms with Crippen LogP contribution in [0, 0.1) is 5.92 Å². The Bertz CT molecular complexity index is 883. The van der Waals surface area contributed by atoms with Gasteiger partial charge in [-0.3, -0.25) is 4.79 Å². The Morgan fingerprint density at radius 3 is 2.53 bits per heavy atom. The summed E-state index contributed by atoms with van der Waals surface area (Å²) in [6.07, 6.45) is -2.81. The van der Waals surface area contributed by atoms with Crippen LogP contribution in [0.4, 0.5) is 19.0 Å². The summed E-state index contributed by atoms with van der Waals surface area (Å²) in [5.74, 6) is -0.0102. The van der Waals surface area contributed by atoms with Crippen molar-refractivity contribution in [3.05, 3.63) is 36.5 Å². The fourth-order valence-corrected chi connectivity index (χ4v) is 3.13. The third-order valence-corrected chi connectivity index (χ3v) is 4.00. The maximum Gasteiger partial charge on any atom is 0.573 e. The van der Waals surface area contributed by atoms with E-state index < -0.39 is 17.7 Å². The van der Waals surface area contributed by atoms with Gasteiger partial charge in [-0.2, -0.15) is 0 Å². The molecule has 3 N–H and O–H groups in total. The predicted octanol–water partition coefficient (Wildman–Crippen LogP) is 4.75. The summed E-state index contributed by atoms with van der Waals surface area (Å²) in [4.78, 5) is 15.2. The lowest BCUT2D eigenvalue weighted by molar-refractivity contribution is -0.274. The fourth-order valence-electron chi connectivity index (χ4n) is 3.13. The number of benzene rings is 1. The molecule has 0 aliphatic heterocycles. The van der Waals surface area contributed by atoms with E-state index in [0.717, 1.165) is 0 Å². The molecule has 1 heterocycles. The molecule has 1 atom stereocenters. The summed E-state index contributed by atoms with van der Waals surface area (Å²) in [6.45, 7) is 7.33. The second-order valence-electron chi connectivity index (χ2n) is 7.86. The first kappa shape index (κ1) is 23.5. The number of rotatable bonds is 8. The van der Waals surface area contributed by atoms with Crippen LogP contribution in [-0.2, 0) is 4.79 Å². The third kappa shape index (κ3) is 7.55. The number of alkyl halides is 3. The van der Waals surface area contributed by atoms with Gasteiger partial charge in [-0.15, -0.1) is 13.2 Å². The largest absolute Gasteiger partial charge is 0.573 e. The van der Waals surface area contributed by atoms with E-state index in [0.29, 0.717) is 17.9 Å². The summed E-state index contributed by atoms with van der Waals surface area (Å²) >= 11 is 0. The Morgan fingerprint density at radius 2 is 1.93 bits per heavy atom. The van der Waals surface area contributed by atoms with Gasteiger partial charge in [-0.25, -0.2) is 4.98 Å². The van der Waals surface area contributed by atoms with Gasteiger partial charge in [0.2, 0.25) is 5.91 Å². The number of amides is 1. The number of pyridine rings is 1. The van der Waals surface area contributed by atoms with Crippen molar-refractivity contribution in [1.82, 2.24) is 4.98 Å². The van der Waals surface area contributed by atoms with Crippen LogP contribution in [-0.4, -0.2) is 29.4 Å². The molecule has 164 valence electrons. The normalized spacial score (nSPS) is 13.6. The van der Waals surface area contributed by atoms with E-state index in [-0.39, 0.29) is 29.6 Å². The molecular weight excluding hydrogens is 399 g/mol. The molecule has 0 aliphatic rings. The number of hydrogen-bond acceptors (Lipinski definition) is 5. The fraction of sp³-hybridized carbons (Fsp3) is 0.429. The maximum absolute atomic E-state index is 13.0. The zero-order valence-corrected chi connectivity index (χ0v) is 17.3. The highest BCUT2D eigenvalue weighted by atomic mass is 19.4. The highest BCUT2D eigenvalue weighted by Crippen LogP contribution is 2.37. The number of carbonyl (C=O) groups is 1. The highest BCUT2D eigenvalue weighted by molar-refractivity contribution is 5.88. The van der Waals surface area contributed by atoms with Gasteiger partial charge >= 0.3 is 6.36 Å². The van der Waals surface area contributed by atoms with Crippen LogP contribution < -0.4 is 20.5 Å². The van der Waals surface area contributed by atoms with Crippen LogP contribution in [0.3, 0.4) is 0 Å². The van der Waals surface area contributed by atoms with Crippen LogP contribution in [0.25, 0.3) is 11.1 Å². The van der Waals surface area contributed by atoms with E-state index in [1.165, 1.54) is 37.4 Å². The summed E-state index contributed by atoms with van der Waals surface area (Å²) < 4.78 is 48.8. The first-order valence-corrected chi connectivity index (χ1v) is 9.40. The van der Waals surface area contributed by atoms with Crippen LogP contribution >= 0.6 is 0 Å². The minimum absolute atomic E-state index is 0.137. The number of anilines is 1. The molecule has 1 amide bonds. The summed E-state index contributed by atoms with van der Waals surface area (Å²) in [6, 6.07) is 7.15. The lowest BCUT2D eigenvalue weighted by atomic mass is 9.93. The van der Waals surface area contributed by atoms with Gasteiger partial charge in [0.15, 0.2) is 0 Å². The van der Waals surface area contributed by atoms with Crippen molar-refractivity contribution in [3.8, 4) is 22.6 Å². The van der Waals surface area contributed by atoms with Gasteiger partial charge in [0, 0.05) is 30.3 Å². The summed E-state index contributed by atoms with van der Waals surface area (Å²) in [5, 5.41) is 2.49. The molecule has 2 aromatic rings. The number of ether oxygens (including phenoxy) is 2. The first-order valence-electron chi connectivity index (χ1n) is 9.40. The van der Waals surface area contributed by atoms with Crippen molar-refractivity contribution in [2.75, 3.05) is 11.9 Å². The van der Waals surface area contributed by atoms with Crippen molar-refractivity contribution in [2.24, 2.45) is 11.7 Å². The number of nitrogens with one attached hydrogen (secondary N) is 1. The van der Waals surface area contributed by atoms with E-state index >= 15 is 0 Å². The van der Waals surface area contributed by atoms with Gasteiger partial charge in [0.25, 0.3) is 0 Å². The SMILES string of the molecule is CC(=O)Nc1cc(-c2ccc(OCC(C)(N)CC(C)C)cc2OC(F)(F)F)ccn1. The Hall–Kier alpha value is -2.81. The van der Waals surface area contributed by atoms with Gasteiger partial charge in [-0.05, 0) is 49.1 Å². The van der Waals surface area contributed by atoms with Gasteiger partial charge < -0.3 is 20.5 Å². The second kappa shape index (κ2) is 9.34. The molecule has 9 heteroatoms. The van der Waals surface area contributed by atoms with E-state index in [2.05, 4.69) is 15.0 Å². The molecule has 0 radical (unpaired) electrons. The molecule has 2 rings (SSSR count). The number of nitrogens with zero attached hydrogens (tertiary/aromatic N) is 1. The molecule has 0 saturated carbocycles. The number of carbonyl (C=O) groups excluding carboxylic acids is 1. The third-order valence-electron chi connectivity index (χ3n) is 4.00. The van der Waals surface area contributed by atoms with Crippen LogP contribution in [0.5, 0.6) is 11.5 Å². The lowest BCUT2D eigenvalue weighted by Gasteiger charge is -2.27. The Kier molecular flexibility index (Phi) is 7.30. The second-order valence-corrected chi connectivity index (χ2v) is 7.86. The monoisotopic (exact) mass is 425 g/mol. The zero-order valence-electron chi connectivity index (χ0n) is 17.3. The first-order chi connectivity index (χ1) is 13.8. The van der Waals surface area contributed by atoms with Crippen molar-refractivity contribution < 1.29 is 27.4 Å². The van der Waals surface area contributed by atoms with Crippen molar-refractivity contribution >= 4 is 11.7 Å². The van der Waals surface area contributed by atoms with Crippen molar-refractivity contribution in [1.29, 1.82) is 0 Å². The lowest BCUT2D eigenvalue weighted by Crippen LogP contribution is -2.43. The maximum atomic E-state index is 13.0. The standard InChI is InChI=1S/C21H26F3N3O3/c1-13(2)11-20(4,25)12-29-16-5-6-17(18(10-16)30-21(22,23)24)15-7-8-26-19(9-15)27-14(3)28/h5-10,13H,11-12,25H2,1-4H3,(H,26,27,28). The Labute approximate surface area is 173 Å². The molecule has 0 saturated heterocycles. The van der Waals surface area contributed by atoms with Gasteiger partial charge in [-0.1, -0.05) is 13.8 Å². The minimum Gasteiger partial charge on any atom is -0.492 e. The van der Waals surface area contributed by atoms with Crippen molar-refractivity contribution in [3.63, 3.8) is 0 Å². The average Bonchev–Trinajstić information content (AvgIpc) is 2.57. The summed E-state index contributed by atoms with van der Waals surface area (Å²) in [5.41, 5.74) is 6.14. The molecular formula is C21H26F3N3O3. The molecule has 0 fully saturated rings. The van der Waals surface area contributed by atoms with Crippen LogP contribution in [0.1, 0.15) is 34.1 Å². The average molecular weight is 425 g/mol. The smallest absolute Gasteiger partial charge is 0.492 e. The van der Waals surface area contributed by atoms with E-state index in [4.69, 9.17) is 10.5 Å². The zero-order chi connectivity index (χ0) is 22.5. The number of aromatic nitrogens is 1. The number of hydrogen-bond donors (Lipinski definition) is 2. The van der Waals surface area contributed by atoms with Gasteiger partial charge in [0.05, 0.1) is 0 Å². The summed E-state index contributed by atoms with van der Waals surface area (Å²) in [7, 11) is 0. The van der Waals surface area contributed by atoms with Gasteiger partial charge in [0.1, 0.15) is 23.9 Å². The Balaban J connectivity index is 2.34. The molecule has 1 aromatic carbocycles. The van der Waals surface area contributed by atoms with Crippen molar-refractivity contribution in [2.45, 2.75) is 46.0 Å². The number of halogens is 3. The van der Waals surface area contributed by atoms with Crippen LogP contribution in [0.15, 0.2) is 36.5 Å². The minimum atomic E-state index is -4.89. The molecule has 6 nitrogen and oxygen atoms in total. The van der Waals surface area contributed by atoms with E-state index in [1.54, 1.807) is 6.07 Å². The Morgan fingerprint density at radius 1 is 1.23 bits per heavy atom. The van der Waals surface area contributed by atoms with Crippen LogP contribution in [0.2, 0.25) is 0 Å². The molecule has 1 unspecified atom stereocenters. The molecule has 30 heavy (non-hydrogen) atoms. The predicted molar refractivity (Wildman–Crippen MR) is 108 cm³/mol. The highest BCUT2D eigenvalue weighted by Gasteiger charge is 2.32. The number of nitrogens with two attached hydrogens (primary N) is 1. The molecule has 0 aliphatic carbocycles. The molecule has 0 bridgehead atoms.